The van der Waals surface area contributed by atoms with Crippen LogP contribution >= 0.6 is 0 Å². The van der Waals surface area contributed by atoms with Crippen molar-refractivity contribution in [1.29, 1.82) is 0 Å². The highest BCUT2D eigenvalue weighted by molar-refractivity contribution is 5.79. The molecule has 158 valence electrons. The quantitative estimate of drug-likeness (QED) is 0.454. The van der Waals surface area contributed by atoms with E-state index in [9.17, 15) is 4.79 Å². The summed E-state index contributed by atoms with van der Waals surface area (Å²) in [5, 5.41) is 9.52. The van der Waals surface area contributed by atoms with Crippen LogP contribution in [-0.4, -0.2) is 81.1 Å². The van der Waals surface area contributed by atoms with Crippen LogP contribution in [-0.2, 0) is 9.47 Å². The maximum atomic E-state index is 12.0. The van der Waals surface area contributed by atoms with E-state index in [-0.39, 0.29) is 0 Å². The summed E-state index contributed by atoms with van der Waals surface area (Å²) in [4.78, 5) is 18.7. The van der Waals surface area contributed by atoms with Gasteiger partial charge in [0.25, 0.3) is 0 Å². The Balaban J connectivity index is 2.34. The molecule has 1 heterocycles. The van der Waals surface area contributed by atoms with Crippen LogP contribution in [0.4, 0.5) is 4.79 Å². The maximum absolute atomic E-state index is 12.0. The summed E-state index contributed by atoms with van der Waals surface area (Å²) < 4.78 is 10.7. The smallest absolute Gasteiger partial charge is 0.408 e. The first-order valence-corrected chi connectivity index (χ1v) is 9.76. The number of alkyl carbamates (subject to hydrolysis) is 1. The summed E-state index contributed by atoms with van der Waals surface area (Å²) >= 11 is 0. The van der Waals surface area contributed by atoms with E-state index in [4.69, 9.17) is 9.47 Å². The average Bonchev–Trinajstić information content (AvgIpc) is 2.53. The number of carbonyl (C=O) groups excluding carboxylic acids is 1. The number of nitrogens with one attached hydrogen (secondary N) is 3. The van der Waals surface area contributed by atoms with E-state index in [0.29, 0.717) is 12.5 Å². The zero-order valence-corrected chi connectivity index (χ0v) is 18.1. The minimum absolute atomic E-state index is 0.420. The van der Waals surface area contributed by atoms with Crippen LogP contribution < -0.4 is 16.0 Å². The van der Waals surface area contributed by atoms with E-state index < -0.39 is 17.2 Å². The van der Waals surface area contributed by atoms with E-state index in [1.807, 2.05) is 34.6 Å². The van der Waals surface area contributed by atoms with Crippen molar-refractivity contribution in [2.24, 2.45) is 10.9 Å². The Morgan fingerprint density at radius 2 is 1.81 bits per heavy atom. The van der Waals surface area contributed by atoms with E-state index >= 15 is 0 Å². The lowest BCUT2D eigenvalue weighted by atomic mass is 10.1. The van der Waals surface area contributed by atoms with Gasteiger partial charge in [-0.1, -0.05) is 6.92 Å². The Kier molecular flexibility index (Phi) is 9.32. The molecule has 0 aromatic rings. The molecule has 0 aliphatic carbocycles. The normalized spacial score (nSPS) is 18.0. The van der Waals surface area contributed by atoms with Crippen molar-refractivity contribution >= 4 is 12.1 Å². The Morgan fingerprint density at radius 1 is 1.19 bits per heavy atom. The molecule has 1 fully saturated rings. The van der Waals surface area contributed by atoms with Crippen molar-refractivity contribution in [1.82, 2.24) is 20.9 Å². The van der Waals surface area contributed by atoms with Gasteiger partial charge in [-0.3, -0.25) is 9.89 Å². The van der Waals surface area contributed by atoms with Gasteiger partial charge in [0.05, 0.1) is 18.8 Å². The monoisotopic (exact) mass is 385 g/mol. The van der Waals surface area contributed by atoms with Gasteiger partial charge in [0, 0.05) is 39.8 Å². The first kappa shape index (κ1) is 23.5. The third-order valence-corrected chi connectivity index (χ3v) is 4.05. The zero-order valence-electron chi connectivity index (χ0n) is 18.1. The molecular formula is C19H39N5O3. The van der Waals surface area contributed by atoms with Gasteiger partial charge in [-0.05, 0) is 40.5 Å². The first-order valence-electron chi connectivity index (χ1n) is 9.76. The van der Waals surface area contributed by atoms with Gasteiger partial charge in [0.1, 0.15) is 5.60 Å². The topological polar surface area (TPSA) is 87.2 Å². The molecule has 0 aromatic carbocycles. The van der Waals surface area contributed by atoms with Crippen molar-refractivity contribution in [3.8, 4) is 0 Å². The number of morpholine rings is 1. The number of rotatable bonds is 7. The van der Waals surface area contributed by atoms with Crippen molar-refractivity contribution in [3.63, 3.8) is 0 Å². The van der Waals surface area contributed by atoms with E-state index in [2.05, 4.69) is 32.8 Å². The van der Waals surface area contributed by atoms with Crippen molar-refractivity contribution in [3.05, 3.63) is 0 Å². The fraction of sp³-hybridized carbons (Fsp3) is 0.895. The number of nitrogens with zero attached hydrogens (tertiary/aromatic N) is 2. The molecule has 27 heavy (non-hydrogen) atoms. The first-order chi connectivity index (χ1) is 12.5. The van der Waals surface area contributed by atoms with Crippen molar-refractivity contribution in [2.45, 2.75) is 52.7 Å². The molecule has 1 aliphatic heterocycles. The molecule has 0 bridgehead atoms. The standard InChI is InChI=1S/C19H39N5O3/c1-15(13-24-8-10-26-11-9-24)12-21-16(20-7)22-14-19(5,6)23-17(25)27-18(2,3)4/h15H,8-14H2,1-7H3,(H,23,25)(H2,20,21,22). The molecule has 1 saturated heterocycles. The second-order valence-corrected chi connectivity index (χ2v) is 8.84. The van der Waals surface area contributed by atoms with Gasteiger partial charge in [-0.25, -0.2) is 4.79 Å². The third-order valence-electron chi connectivity index (χ3n) is 4.05. The SMILES string of the molecule is CN=C(NCC(C)CN1CCOCC1)NCC(C)(C)NC(=O)OC(C)(C)C. The van der Waals surface area contributed by atoms with Gasteiger partial charge < -0.3 is 25.4 Å². The molecule has 1 unspecified atom stereocenters. The molecule has 0 aromatic heterocycles. The minimum atomic E-state index is -0.512. The zero-order chi connectivity index (χ0) is 20.5. The summed E-state index contributed by atoms with van der Waals surface area (Å²) in [7, 11) is 1.75. The van der Waals surface area contributed by atoms with Crippen molar-refractivity contribution in [2.75, 3.05) is 53.0 Å². The van der Waals surface area contributed by atoms with Gasteiger partial charge in [0.2, 0.25) is 0 Å². The summed E-state index contributed by atoms with van der Waals surface area (Å²) in [5.74, 6) is 1.22. The molecular weight excluding hydrogens is 346 g/mol. The van der Waals surface area contributed by atoms with Crippen LogP contribution in [0.2, 0.25) is 0 Å². The van der Waals surface area contributed by atoms with Gasteiger partial charge >= 0.3 is 6.09 Å². The van der Waals surface area contributed by atoms with Crippen LogP contribution in [0.3, 0.4) is 0 Å². The van der Waals surface area contributed by atoms with Crippen LogP contribution in [0.15, 0.2) is 4.99 Å². The largest absolute Gasteiger partial charge is 0.444 e. The third kappa shape index (κ3) is 11.0. The second kappa shape index (κ2) is 10.7. The molecule has 1 amide bonds. The highest BCUT2D eigenvalue weighted by atomic mass is 16.6. The molecule has 0 spiro atoms. The highest BCUT2D eigenvalue weighted by Gasteiger charge is 2.25. The van der Waals surface area contributed by atoms with Crippen LogP contribution in [0.25, 0.3) is 0 Å². The number of ether oxygens (including phenoxy) is 2. The van der Waals surface area contributed by atoms with E-state index in [1.54, 1.807) is 7.05 Å². The summed E-state index contributed by atoms with van der Waals surface area (Å²) in [5.41, 5.74) is -0.985. The molecule has 1 rings (SSSR count). The number of carbonyl (C=O) groups is 1. The molecule has 0 radical (unpaired) electrons. The van der Waals surface area contributed by atoms with Crippen LogP contribution in [0.1, 0.15) is 41.5 Å². The molecule has 1 atom stereocenters. The minimum Gasteiger partial charge on any atom is -0.444 e. The molecule has 1 aliphatic rings. The van der Waals surface area contributed by atoms with Crippen molar-refractivity contribution < 1.29 is 14.3 Å². The van der Waals surface area contributed by atoms with Gasteiger partial charge in [-0.2, -0.15) is 0 Å². The lowest BCUT2D eigenvalue weighted by molar-refractivity contribution is 0.0320. The number of hydrogen-bond acceptors (Lipinski definition) is 5. The van der Waals surface area contributed by atoms with E-state index in [1.165, 1.54) is 0 Å². The van der Waals surface area contributed by atoms with Crippen LogP contribution in [0.5, 0.6) is 0 Å². The summed E-state index contributed by atoms with van der Waals surface area (Å²) in [6, 6.07) is 0. The maximum Gasteiger partial charge on any atom is 0.408 e. The molecule has 8 heteroatoms. The Labute approximate surface area is 164 Å². The number of guanidine groups is 1. The molecule has 8 nitrogen and oxygen atoms in total. The van der Waals surface area contributed by atoms with Gasteiger partial charge in [0.15, 0.2) is 5.96 Å². The lowest BCUT2D eigenvalue weighted by Crippen LogP contribution is -2.54. The number of aliphatic imine (C=N–C) groups is 1. The van der Waals surface area contributed by atoms with E-state index in [0.717, 1.165) is 45.4 Å². The molecule has 0 saturated carbocycles. The molecule has 3 N–H and O–H groups in total. The predicted octanol–water partition coefficient (Wildman–Crippen LogP) is 1.42. The summed E-state index contributed by atoms with van der Waals surface area (Å²) in [6.07, 6.45) is -0.420. The Morgan fingerprint density at radius 3 is 2.37 bits per heavy atom. The number of hydrogen-bond donors (Lipinski definition) is 3. The second-order valence-electron chi connectivity index (χ2n) is 8.84. The lowest BCUT2D eigenvalue weighted by Gasteiger charge is -2.30. The Hall–Kier alpha value is -1.54. The fourth-order valence-electron chi connectivity index (χ4n) is 2.71. The highest BCUT2D eigenvalue weighted by Crippen LogP contribution is 2.09. The fourth-order valence-corrected chi connectivity index (χ4v) is 2.71. The number of amides is 1. The average molecular weight is 386 g/mol. The Bertz CT molecular complexity index is 482. The predicted molar refractivity (Wildman–Crippen MR) is 109 cm³/mol. The van der Waals surface area contributed by atoms with Crippen LogP contribution in [0, 0.1) is 5.92 Å². The summed E-state index contributed by atoms with van der Waals surface area (Å²) in [6.45, 7) is 17.7. The van der Waals surface area contributed by atoms with Gasteiger partial charge in [-0.15, -0.1) is 0 Å².